The number of aryl methyl sites for hydroxylation is 3. The third-order valence-corrected chi connectivity index (χ3v) is 2.38. The van der Waals surface area contributed by atoms with Gasteiger partial charge in [-0.2, -0.15) is 5.10 Å². The molecular formula is C9H12N4O. The summed E-state index contributed by atoms with van der Waals surface area (Å²) >= 11 is 0. The lowest BCUT2D eigenvalue weighted by Gasteiger charge is -2.01. The fourth-order valence-corrected chi connectivity index (χ4v) is 1.77. The van der Waals surface area contributed by atoms with Gasteiger partial charge in [0.2, 0.25) is 0 Å². The molecule has 0 bridgehead atoms. The Morgan fingerprint density at radius 2 is 2.07 bits per heavy atom. The molecule has 2 N–H and O–H groups in total. The largest absolute Gasteiger partial charge is 0.382 e. The smallest absolute Gasteiger partial charge is 0.291 e. The van der Waals surface area contributed by atoms with Crippen molar-refractivity contribution in [3.8, 4) is 0 Å². The number of hydrogen-bond donors (Lipinski definition) is 1. The van der Waals surface area contributed by atoms with Crippen LogP contribution in [0.5, 0.6) is 0 Å². The third kappa shape index (κ3) is 0.951. The molecule has 2 aromatic heterocycles. The van der Waals surface area contributed by atoms with E-state index < -0.39 is 0 Å². The van der Waals surface area contributed by atoms with Crippen molar-refractivity contribution in [2.45, 2.75) is 6.92 Å². The maximum Gasteiger partial charge on any atom is 0.291 e. The summed E-state index contributed by atoms with van der Waals surface area (Å²) < 4.78 is 3.04. The molecule has 0 unspecified atom stereocenters. The Hall–Kier alpha value is -1.78. The highest BCUT2D eigenvalue weighted by Gasteiger charge is 2.12. The zero-order valence-electron chi connectivity index (χ0n) is 8.40. The Morgan fingerprint density at radius 1 is 1.43 bits per heavy atom. The monoisotopic (exact) mass is 192 g/mol. The highest BCUT2D eigenvalue weighted by molar-refractivity contribution is 5.91. The predicted octanol–water partition coefficient (Wildman–Crippen LogP) is 0.163. The van der Waals surface area contributed by atoms with Crippen molar-refractivity contribution < 1.29 is 0 Å². The molecular weight excluding hydrogens is 180 g/mol. The van der Waals surface area contributed by atoms with E-state index in [1.54, 1.807) is 11.6 Å². The summed E-state index contributed by atoms with van der Waals surface area (Å²) in [6, 6.07) is 0. The van der Waals surface area contributed by atoms with E-state index >= 15 is 0 Å². The van der Waals surface area contributed by atoms with Gasteiger partial charge in [-0.25, -0.2) is 4.68 Å². The van der Waals surface area contributed by atoms with Crippen LogP contribution in [0, 0.1) is 6.92 Å². The second-order valence-corrected chi connectivity index (χ2v) is 3.46. The van der Waals surface area contributed by atoms with Crippen LogP contribution in [-0.4, -0.2) is 14.3 Å². The molecule has 0 spiro atoms. The second-order valence-electron chi connectivity index (χ2n) is 3.46. The first kappa shape index (κ1) is 8.80. The average Bonchev–Trinajstić information content (AvgIpc) is 2.38. The summed E-state index contributed by atoms with van der Waals surface area (Å²) in [4.78, 5) is 11.7. The molecule has 2 aromatic rings. The van der Waals surface area contributed by atoms with E-state index in [4.69, 9.17) is 5.73 Å². The molecule has 2 heterocycles. The minimum Gasteiger partial charge on any atom is -0.382 e. The fourth-order valence-electron chi connectivity index (χ4n) is 1.77. The molecule has 74 valence electrons. The van der Waals surface area contributed by atoms with Crippen LogP contribution in [0.1, 0.15) is 5.56 Å². The van der Waals surface area contributed by atoms with Gasteiger partial charge >= 0.3 is 0 Å². The number of aromatic nitrogens is 3. The van der Waals surface area contributed by atoms with Gasteiger partial charge in [-0.1, -0.05) is 0 Å². The number of nitrogen functional groups attached to an aromatic ring is 1. The standard InChI is InChI=1S/C9H12N4O/c1-5-4-12(2)7-6(5)8(10)11-13(3)9(7)14/h4H,1-3H3,(H2,10,11). The summed E-state index contributed by atoms with van der Waals surface area (Å²) in [6.45, 7) is 1.92. The molecule has 0 aliphatic carbocycles. The maximum absolute atomic E-state index is 11.7. The lowest BCUT2D eigenvalue weighted by molar-refractivity contribution is 0.718. The number of hydrogen-bond acceptors (Lipinski definition) is 3. The molecule has 0 atom stereocenters. The Balaban J connectivity index is 3.13. The molecule has 0 aliphatic heterocycles. The van der Waals surface area contributed by atoms with E-state index in [9.17, 15) is 4.79 Å². The van der Waals surface area contributed by atoms with E-state index in [2.05, 4.69) is 5.10 Å². The van der Waals surface area contributed by atoms with Crippen molar-refractivity contribution in [3.63, 3.8) is 0 Å². The molecule has 0 aliphatic rings. The summed E-state index contributed by atoms with van der Waals surface area (Å²) in [5.74, 6) is 0.403. The van der Waals surface area contributed by atoms with Gasteiger partial charge in [0, 0.05) is 20.3 Å². The van der Waals surface area contributed by atoms with E-state index in [-0.39, 0.29) is 5.56 Å². The highest BCUT2D eigenvalue weighted by Crippen LogP contribution is 2.20. The van der Waals surface area contributed by atoms with Crippen LogP contribution in [0.25, 0.3) is 10.9 Å². The molecule has 5 heteroatoms. The lowest BCUT2D eigenvalue weighted by atomic mass is 10.2. The predicted molar refractivity (Wildman–Crippen MR) is 55.1 cm³/mol. The number of nitrogens with zero attached hydrogens (tertiary/aromatic N) is 3. The molecule has 0 radical (unpaired) electrons. The van der Waals surface area contributed by atoms with Crippen LogP contribution in [0.15, 0.2) is 11.0 Å². The topological polar surface area (TPSA) is 65.8 Å². The summed E-state index contributed by atoms with van der Waals surface area (Å²) in [5, 5.41) is 4.70. The molecule has 2 rings (SSSR count). The maximum atomic E-state index is 11.7. The van der Waals surface area contributed by atoms with Crippen molar-refractivity contribution in [1.82, 2.24) is 14.3 Å². The molecule has 0 amide bonds. The van der Waals surface area contributed by atoms with Crippen molar-refractivity contribution in [3.05, 3.63) is 22.1 Å². The SMILES string of the molecule is Cc1cn(C)c2c(=O)n(C)nc(N)c12. The third-order valence-electron chi connectivity index (χ3n) is 2.38. The van der Waals surface area contributed by atoms with Gasteiger partial charge in [0.1, 0.15) is 5.52 Å². The van der Waals surface area contributed by atoms with Gasteiger partial charge in [-0.05, 0) is 12.5 Å². The lowest BCUT2D eigenvalue weighted by Crippen LogP contribution is -2.22. The van der Waals surface area contributed by atoms with Crippen LogP contribution in [0.4, 0.5) is 5.82 Å². The van der Waals surface area contributed by atoms with Gasteiger partial charge in [0.15, 0.2) is 5.82 Å². The van der Waals surface area contributed by atoms with Gasteiger partial charge in [0.25, 0.3) is 5.56 Å². The zero-order chi connectivity index (χ0) is 10.5. The van der Waals surface area contributed by atoms with Gasteiger partial charge in [-0.15, -0.1) is 0 Å². The molecule has 5 nitrogen and oxygen atoms in total. The average molecular weight is 192 g/mol. The summed E-state index contributed by atoms with van der Waals surface area (Å²) in [7, 11) is 3.43. The van der Waals surface area contributed by atoms with Gasteiger partial charge < -0.3 is 10.3 Å². The molecule has 0 aromatic carbocycles. The van der Waals surface area contributed by atoms with E-state index in [1.165, 1.54) is 4.68 Å². The number of nitrogens with two attached hydrogens (primary N) is 1. The van der Waals surface area contributed by atoms with Crippen LogP contribution in [0.2, 0.25) is 0 Å². The first-order chi connectivity index (χ1) is 6.52. The molecule has 0 saturated heterocycles. The quantitative estimate of drug-likeness (QED) is 0.646. The fraction of sp³-hybridized carbons (Fsp3) is 0.333. The zero-order valence-corrected chi connectivity index (χ0v) is 8.40. The Bertz CT molecular complexity index is 564. The van der Waals surface area contributed by atoms with Crippen molar-refractivity contribution in [1.29, 1.82) is 0 Å². The second kappa shape index (κ2) is 2.60. The minimum atomic E-state index is -0.121. The minimum absolute atomic E-state index is 0.121. The van der Waals surface area contributed by atoms with E-state index in [0.29, 0.717) is 11.3 Å². The number of rotatable bonds is 0. The van der Waals surface area contributed by atoms with E-state index in [0.717, 1.165) is 10.9 Å². The Morgan fingerprint density at radius 3 is 2.71 bits per heavy atom. The number of anilines is 1. The van der Waals surface area contributed by atoms with Crippen LogP contribution in [0.3, 0.4) is 0 Å². The normalized spacial score (nSPS) is 11.1. The first-order valence-electron chi connectivity index (χ1n) is 4.30. The van der Waals surface area contributed by atoms with Gasteiger partial charge in [-0.3, -0.25) is 4.79 Å². The van der Waals surface area contributed by atoms with Crippen molar-refractivity contribution >= 4 is 16.7 Å². The Kier molecular flexibility index (Phi) is 1.64. The van der Waals surface area contributed by atoms with E-state index in [1.807, 2.05) is 20.2 Å². The highest BCUT2D eigenvalue weighted by atomic mass is 16.1. The van der Waals surface area contributed by atoms with Crippen LogP contribution < -0.4 is 11.3 Å². The van der Waals surface area contributed by atoms with Crippen molar-refractivity contribution in [2.24, 2.45) is 14.1 Å². The summed E-state index contributed by atoms with van der Waals surface area (Å²) in [6.07, 6.45) is 1.88. The van der Waals surface area contributed by atoms with Crippen LogP contribution in [-0.2, 0) is 14.1 Å². The summed E-state index contributed by atoms with van der Waals surface area (Å²) in [5.41, 5.74) is 7.22. The molecule has 0 fully saturated rings. The van der Waals surface area contributed by atoms with Crippen LogP contribution >= 0.6 is 0 Å². The first-order valence-corrected chi connectivity index (χ1v) is 4.30. The van der Waals surface area contributed by atoms with Gasteiger partial charge in [0.05, 0.1) is 5.39 Å². The molecule has 0 saturated carbocycles. The Labute approximate surface area is 80.7 Å². The number of fused-ring (bicyclic) bond motifs is 1. The van der Waals surface area contributed by atoms with Crippen molar-refractivity contribution in [2.75, 3.05) is 5.73 Å². The molecule has 14 heavy (non-hydrogen) atoms.